The van der Waals surface area contributed by atoms with Crippen LogP contribution in [-0.2, 0) is 11.2 Å². The molecule has 17 heavy (non-hydrogen) atoms. The van der Waals surface area contributed by atoms with Gasteiger partial charge in [0.2, 0.25) is 0 Å². The number of benzene rings is 1. The van der Waals surface area contributed by atoms with Gasteiger partial charge in [-0.05, 0) is 36.6 Å². The van der Waals surface area contributed by atoms with Crippen LogP contribution in [0.15, 0.2) is 24.8 Å². The maximum absolute atomic E-state index is 11.2. The van der Waals surface area contributed by atoms with Gasteiger partial charge in [-0.2, -0.15) is 0 Å². The SMILES string of the molecule is C=CCc1ccc(C(=O)Cl)c(C)c1OC(C)=O. The van der Waals surface area contributed by atoms with Gasteiger partial charge in [0.25, 0.3) is 5.24 Å². The molecule has 1 aromatic rings. The number of rotatable bonds is 4. The Morgan fingerprint density at radius 1 is 1.47 bits per heavy atom. The zero-order valence-corrected chi connectivity index (χ0v) is 10.5. The highest BCUT2D eigenvalue weighted by Crippen LogP contribution is 2.28. The molecule has 3 nitrogen and oxygen atoms in total. The molecule has 0 heterocycles. The molecule has 0 saturated heterocycles. The van der Waals surface area contributed by atoms with Gasteiger partial charge < -0.3 is 4.74 Å². The third-order valence-electron chi connectivity index (χ3n) is 2.31. The summed E-state index contributed by atoms with van der Waals surface area (Å²) >= 11 is 5.45. The molecule has 0 aliphatic heterocycles. The highest BCUT2D eigenvalue weighted by molar-refractivity contribution is 6.68. The summed E-state index contributed by atoms with van der Waals surface area (Å²) in [6.07, 6.45) is 2.25. The molecule has 90 valence electrons. The minimum atomic E-state index is -0.568. The van der Waals surface area contributed by atoms with Crippen LogP contribution < -0.4 is 4.74 Å². The highest BCUT2D eigenvalue weighted by atomic mass is 35.5. The van der Waals surface area contributed by atoms with Crippen molar-refractivity contribution in [2.45, 2.75) is 20.3 Å². The lowest BCUT2D eigenvalue weighted by Gasteiger charge is -2.12. The molecule has 0 radical (unpaired) electrons. The van der Waals surface area contributed by atoms with E-state index in [4.69, 9.17) is 16.3 Å². The van der Waals surface area contributed by atoms with Gasteiger partial charge in [-0.15, -0.1) is 6.58 Å². The molecular formula is C13H13ClO3. The smallest absolute Gasteiger partial charge is 0.308 e. The number of ether oxygens (including phenoxy) is 1. The Kier molecular flexibility index (Phi) is 4.46. The van der Waals surface area contributed by atoms with E-state index in [0.717, 1.165) is 5.56 Å². The maximum Gasteiger partial charge on any atom is 0.308 e. The van der Waals surface area contributed by atoms with Gasteiger partial charge in [0.1, 0.15) is 5.75 Å². The molecule has 4 heteroatoms. The number of carbonyl (C=O) groups is 2. The Morgan fingerprint density at radius 2 is 2.12 bits per heavy atom. The van der Waals surface area contributed by atoms with Crippen LogP contribution >= 0.6 is 11.6 Å². The van der Waals surface area contributed by atoms with Crippen LogP contribution in [0, 0.1) is 6.92 Å². The lowest BCUT2D eigenvalue weighted by atomic mass is 10.0. The number of hydrogen-bond acceptors (Lipinski definition) is 3. The monoisotopic (exact) mass is 252 g/mol. The molecule has 0 aliphatic rings. The Hall–Kier alpha value is -1.61. The van der Waals surface area contributed by atoms with Gasteiger partial charge in [-0.3, -0.25) is 9.59 Å². The summed E-state index contributed by atoms with van der Waals surface area (Å²) in [7, 11) is 0. The Bertz CT molecular complexity index is 478. The molecule has 0 spiro atoms. The van der Waals surface area contributed by atoms with Gasteiger partial charge in [0, 0.05) is 18.1 Å². The van der Waals surface area contributed by atoms with E-state index in [9.17, 15) is 9.59 Å². The Labute approximate surface area is 105 Å². The van der Waals surface area contributed by atoms with E-state index in [1.165, 1.54) is 6.92 Å². The van der Waals surface area contributed by atoms with E-state index in [0.29, 0.717) is 23.3 Å². The van der Waals surface area contributed by atoms with E-state index in [2.05, 4.69) is 6.58 Å². The third kappa shape index (κ3) is 3.17. The van der Waals surface area contributed by atoms with Crippen molar-refractivity contribution in [1.29, 1.82) is 0 Å². The van der Waals surface area contributed by atoms with Crippen molar-refractivity contribution in [2.24, 2.45) is 0 Å². The first-order valence-electron chi connectivity index (χ1n) is 5.09. The maximum atomic E-state index is 11.2. The first-order chi connectivity index (χ1) is 7.97. The Morgan fingerprint density at radius 3 is 2.59 bits per heavy atom. The summed E-state index contributed by atoms with van der Waals surface area (Å²) in [5, 5.41) is -0.568. The topological polar surface area (TPSA) is 43.4 Å². The fourth-order valence-corrected chi connectivity index (χ4v) is 1.77. The van der Waals surface area contributed by atoms with Gasteiger partial charge in [-0.25, -0.2) is 0 Å². The first-order valence-corrected chi connectivity index (χ1v) is 5.46. The second kappa shape index (κ2) is 5.64. The summed E-state index contributed by atoms with van der Waals surface area (Å²) in [5.41, 5.74) is 1.71. The zero-order valence-electron chi connectivity index (χ0n) is 9.75. The van der Waals surface area contributed by atoms with E-state index < -0.39 is 11.2 Å². The summed E-state index contributed by atoms with van der Waals surface area (Å²) in [6.45, 7) is 6.64. The molecular weight excluding hydrogens is 240 g/mol. The lowest BCUT2D eigenvalue weighted by molar-refractivity contribution is -0.131. The van der Waals surface area contributed by atoms with Crippen molar-refractivity contribution in [3.8, 4) is 5.75 Å². The normalized spacial score (nSPS) is 9.82. The number of esters is 1. The molecule has 0 amide bonds. The average molecular weight is 253 g/mol. The summed E-state index contributed by atoms with van der Waals surface area (Å²) < 4.78 is 5.12. The fourth-order valence-electron chi connectivity index (χ4n) is 1.56. The molecule has 0 bridgehead atoms. The van der Waals surface area contributed by atoms with E-state index in [-0.39, 0.29) is 0 Å². The quantitative estimate of drug-likeness (QED) is 0.358. The van der Waals surface area contributed by atoms with Crippen LogP contribution in [0.25, 0.3) is 0 Å². The van der Waals surface area contributed by atoms with Crippen molar-refractivity contribution >= 4 is 22.8 Å². The van der Waals surface area contributed by atoms with E-state index in [1.807, 2.05) is 0 Å². The van der Waals surface area contributed by atoms with Crippen LogP contribution in [-0.4, -0.2) is 11.2 Å². The standard InChI is InChI=1S/C13H13ClO3/c1-4-5-10-6-7-11(13(14)16)8(2)12(10)17-9(3)15/h4,6-7H,1,5H2,2-3H3. The molecule has 0 N–H and O–H groups in total. The minimum Gasteiger partial charge on any atom is -0.426 e. The number of carbonyl (C=O) groups excluding carboxylic acids is 2. The predicted molar refractivity (Wildman–Crippen MR) is 66.6 cm³/mol. The van der Waals surface area contributed by atoms with Gasteiger partial charge in [-0.1, -0.05) is 12.1 Å². The average Bonchev–Trinajstić information content (AvgIpc) is 2.22. The van der Waals surface area contributed by atoms with Crippen LogP contribution in [0.1, 0.15) is 28.4 Å². The molecule has 0 unspecified atom stereocenters. The first kappa shape index (κ1) is 13.5. The molecule has 0 aromatic heterocycles. The summed E-state index contributed by atoms with van der Waals surface area (Å²) in [4.78, 5) is 22.2. The number of hydrogen-bond donors (Lipinski definition) is 0. The van der Waals surface area contributed by atoms with Crippen molar-refractivity contribution in [3.05, 3.63) is 41.5 Å². The van der Waals surface area contributed by atoms with Crippen molar-refractivity contribution < 1.29 is 14.3 Å². The zero-order chi connectivity index (χ0) is 13.0. The largest absolute Gasteiger partial charge is 0.426 e. The predicted octanol–water partition coefficient (Wildman–Crippen LogP) is 3.03. The third-order valence-corrected chi connectivity index (χ3v) is 2.51. The van der Waals surface area contributed by atoms with E-state index >= 15 is 0 Å². The second-order valence-electron chi connectivity index (χ2n) is 3.59. The molecule has 0 atom stereocenters. The van der Waals surface area contributed by atoms with Crippen LogP contribution in [0.2, 0.25) is 0 Å². The van der Waals surface area contributed by atoms with Crippen LogP contribution in [0.5, 0.6) is 5.75 Å². The van der Waals surface area contributed by atoms with Crippen molar-refractivity contribution in [3.63, 3.8) is 0 Å². The molecule has 0 aliphatic carbocycles. The van der Waals surface area contributed by atoms with Crippen molar-refractivity contribution in [2.75, 3.05) is 0 Å². The van der Waals surface area contributed by atoms with Gasteiger partial charge in [0.15, 0.2) is 0 Å². The van der Waals surface area contributed by atoms with Gasteiger partial charge in [0.05, 0.1) is 0 Å². The minimum absolute atomic E-state index is 0.343. The van der Waals surface area contributed by atoms with Crippen LogP contribution in [0.3, 0.4) is 0 Å². The molecule has 1 aromatic carbocycles. The molecule has 0 saturated carbocycles. The van der Waals surface area contributed by atoms with Gasteiger partial charge >= 0.3 is 5.97 Å². The summed E-state index contributed by atoms with van der Waals surface area (Å²) in [5.74, 6) is -0.0403. The Balaban J connectivity index is 3.35. The van der Waals surface area contributed by atoms with Crippen LogP contribution in [0.4, 0.5) is 0 Å². The van der Waals surface area contributed by atoms with Crippen molar-refractivity contribution in [1.82, 2.24) is 0 Å². The second-order valence-corrected chi connectivity index (χ2v) is 3.93. The summed E-state index contributed by atoms with van der Waals surface area (Å²) in [6, 6.07) is 3.33. The molecule has 1 rings (SSSR count). The molecule has 0 fully saturated rings. The number of allylic oxidation sites excluding steroid dienone is 1. The lowest BCUT2D eigenvalue weighted by Crippen LogP contribution is -2.08. The number of halogens is 1. The fraction of sp³-hybridized carbons (Fsp3) is 0.231. The highest BCUT2D eigenvalue weighted by Gasteiger charge is 2.15. The van der Waals surface area contributed by atoms with E-state index in [1.54, 1.807) is 25.1 Å².